The highest BCUT2D eigenvalue weighted by molar-refractivity contribution is 5.75. The molecule has 0 amide bonds. The number of aromatic nitrogens is 3. The summed E-state index contributed by atoms with van der Waals surface area (Å²) in [4.78, 5) is 4.02. The highest BCUT2D eigenvalue weighted by Crippen LogP contribution is 2.04. The minimum Gasteiger partial charge on any atom is -0.255 e. The van der Waals surface area contributed by atoms with Gasteiger partial charge in [0.2, 0.25) is 0 Å². The maximum atomic E-state index is 7.35. The lowest BCUT2D eigenvalue weighted by molar-refractivity contribution is 1.04. The molecule has 0 unspecified atom stereocenters. The van der Waals surface area contributed by atoms with Crippen LogP contribution in [0.2, 0.25) is 0 Å². The third-order valence-electron chi connectivity index (χ3n) is 1.25. The first kappa shape index (κ1) is 4.33. The number of fused-ring (bicyclic) bond motifs is 1. The van der Waals surface area contributed by atoms with Gasteiger partial charge in [-0.3, -0.25) is 4.98 Å². The van der Waals surface area contributed by atoms with Crippen LogP contribution in [0.5, 0.6) is 0 Å². The molecule has 0 radical (unpaired) electrons. The predicted octanol–water partition coefficient (Wildman–Crippen LogP) is 1.02. The quantitative estimate of drug-likeness (QED) is 0.537. The van der Waals surface area contributed by atoms with Gasteiger partial charge in [0.05, 0.1) is 19.3 Å². The van der Waals surface area contributed by atoms with Crippen LogP contribution in [0.4, 0.5) is 0 Å². The van der Waals surface area contributed by atoms with Crippen LogP contribution in [0.3, 0.4) is 0 Å². The average molecular weight is 132 g/mol. The zero-order valence-electron chi connectivity index (χ0n) is 6.15. The van der Waals surface area contributed by atoms with Crippen molar-refractivity contribution in [3.63, 3.8) is 0 Å². The van der Waals surface area contributed by atoms with Gasteiger partial charge < -0.3 is 0 Å². The Hall–Kier alpha value is -1.51. The Morgan fingerprint density at radius 1 is 1.40 bits per heavy atom. The van der Waals surface area contributed by atoms with Crippen LogP contribution in [0, 0.1) is 0 Å². The number of rotatable bonds is 0. The van der Waals surface area contributed by atoms with Crippen LogP contribution >= 0.6 is 0 Å². The van der Waals surface area contributed by atoms with Crippen molar-refractivity contribution in [3.05, 3.63) is 30.7 Å². The molecule has 10 heavy (non-hydrogen) atoms. The van der Waals surface area contributed by atoms with Crippen LogP contribution in [-0.2, 0) is 0 Å². The molecule has 2 aromatic heterocycles. The van der Waals surface area contributed by atoms with E-state index in [1.165, 1.54) is 0 Å². The second-order valence-corrected chi connectivity index (χ2v) is 1.89. The third-order valence-corrected chi connectivity index (χ3v) is 1.25. The molecule has 0 aromatic carbocycles. The highest BCUT2D eigenvalue weighted by atomic mass is 15.1. The van der Waals surface area contributed by atoms with Crippen molar-refractivity contribution in [2.24, 2.45) is 0 Å². The molecule has 0 saturated heterocycles. The monoisotopic (exact) mass is 132 g/mol. The van der Waals surface area contributed by atoms with E-state index in [0.717, 1.165) is 5.39 Å². The zero-order valence-corrected chi connectivity index (χ0v) is 5.15. The summed E-state index contributed by atoms with van der Waals surface area (Å²) < 4.78 is 7.35. The van der Waals surface area contributed by atoms with Crippen molar-refractivity contribution in [1.82, 2.24) is 15.2 Å². The van der Waals surface area contributed by atoms with Gasteiger partial charge in [0.15, 0.2) is 0 Å². The van der Waals surface area contributed by atoms with Crippen molar-refractivity contribution in [3.8, 4) is 0 Å². The van der Waals surface area contributed by atoms with Gasteiger partial charge in [-0.2, -0.15) is 10.2 Å². The summed E-state index contributed by atoms with van der Waals surface area (Å²) in [6.45, 7) is 0. The van der Waals surface area contributed by atoms with Gasteiger partial charge in [-0.1, -0.05) is 0 Å². The van der Waals surface area contributed by atoms with E-state index < -0.39 is 0 Å². The standard InChI is InChI=1S/C7H5N3/c1-2-6-4-9-10-5-7(6)8-3-1/h1-5H/i4D. The molecule has 0 saturated carbocycles. The van der Waals surface area contributed by atoms with Crippen molar-refractivity contribution in [2.75, 3.05) is 0 Å². The fourth-order valence-corrected chi connectivity index (χ4v) is 0.781. The Kier molecular flexibility index (Phi) is 0.875. The summed E-state index contributed by atoms with van der Waals surface area (Å²) in [6, 6.07) is 3.58. The molecular weight excluding hydrogens is 126 g/mol. The maximum Gasteiger partial charge on any atom is 0.0919 e. The summed E-state index contributed by atoms with van der Waals surface area (Å²) in [5, 5.41) is 7.93. The van der Waals surface area contributed by atoms with Gasteiger partial charge in [-0.25, -0.2) is 0 Å². The second kappa shape index (κ2) is 2.02. The van der Waals surface area contributed by atoms with Gasteiger partial charge >= 0.3 is 0 Å². The van der Waals surface area contributed by atoms with E-state index in [4.69, 9.17) is 1.37 Å². The lowest BCUT2D eigenvalue weighted by atomic mass is 10.3. The van der Waals surface area contributed by atoms with Gasteiger partial charge in [-0.05, 0) is 12.1 Å². The van der Waals surface area contributed by atoms with E-state index in [-0.39, 0.29) is 6.17 Å². The van der Waals surface area contributed by atoms with Gasteiger partial charge in [-0.15, -0.1) is 0 Å². The first-order valence-electron chi connectivity index (χ1n) is 3.41. The van der Waals surface area contributed by atoms with Crippen molar-refractivity contribution in [2.45, 2.75) is 0 Å². The molecule has 2 aromatic rings. The van der Waals surface area contributed by atoms with Crippen molar-refractivity contribution in [1.29, 1.82) is 0 Å². The minimum atomic E-state index is 0.176. The van der Waals surface area contributed by atoms with Crippen LogP contribution in [0.25, 0.3) is 10.9 Å². The largest absolute Gasteiger partial charge is 0.255 e. The molecule has 0 N–H and O–H groups in total. The summed E-state index contributed by atoms with van der Waals surface area (Å²) in [6.07, 6.45) is 3.40. The topological polar surface area (TPSA) is 38.7 Å². The van der Waals surface area contributed by atoms with Crippen LogP contribution in [0.15, 0.2) is 30.7 Å². The zero-order chi connectivity index (χ0) is 7.68. The van der Waals surface area contributed by atoms with E-state index in [2.05, 4.69) is 15.2 Å². The number of hydrogen-bond donors (Lipinski definition) is 0. The molecular formula is C7H5N3. The molecule has 0 aliphatic carbocycles. The van der Waals surface area contributed by atoms with Gasteiger partial charge in [0.25, 0.3) is 0 Å². The van der Waals surface area contributed by atoms with Crippen LogP contribution < -0.4 is 0 Å². The van der Waals surface area contributed by atoms with E-state index in [0.29, 0.717) is 5.52 Å². The average Bonchev–Trinajstić information content (AvgIpc) is 2.06. The lowest BCUT2D eigenvalue weighted by Crippen LogP contribution is -1.81. The molecule has 0 atom stereocenters. The van der Waals surface area contributed by atoms with Crippen molar-refractivity contribution < 1.29 is 1.37 Å². The first-order chi connectivity index (χ1) is 5.38. The van der Waals surface area contributed by atoms with E-state index in [1.54, 1.807) is 24.5 Å². The Balaban J connectivity index is 2.91. The fraction of sp³-hybridized carbons (Fsp3) is 0. The molecule has 0 aliphatic heterocycles. The van der Waals surface area contributed by atoms with E-state index in [9.17, 15) is 0 Å². The predicted molar refractivity (Wildman–Crippen MR) is 37.3 cm³/mol. The molecule has 48 valence electrons. The summed E-state index contributed by atoms with van der Waals surface area (Å²) in [5.74, 6) is 0. The number of nitrogens with zero attached hydrogens (tertiary/aromatic N) is 3. The molecule has 3 nitrogen and oxygen atoms in total. The second-order valence-electron chi connectivity index (χ2n) is 1.89. The molecule has 0 spiro atoms. The Bertz CT molecular complexity index is 383. The van der Waals surface area contributed by atoms with E-state index >= 15 is 0 Å². The van der Waals surface area contributed by atoms with Crippen LogP contribution in [0.1, 0.15) is 1.37 Å². The highest BCUT2D eigenvalue weighted by Gasteiger charge is 1.88. The fourth-order valence-electron chi connectivity index (χ4n) is 0.781. The molecule has 2 heterocycles. The normalized spacial score (nSPS) is 11.4. The molecule has 2 rings (SSSR count). The SMILES string of the molecule is [2H]c1nncc2ncccc12. The Morgan fingerprint density at radius 2 is 2.40 bits per heavy atom. The van der Waals surface area contributed by atoms with E-state index in [1.807, 2.05) is 0 Å². The van der Waals surface area contributed by atoms with Gasteiger partial charge in [0, 0.05) is 11.6 Å². The molecule has 0 bridgehead atoms. The number of hydrogen-bond acceptors (Lipinski definition) is 3. The first-order valence-corrected chi connectivity index (χ1v) is 2.91. The minimum absolute atomic E-state index is 0.176. The lowest BCUT2D eigenvalue weighted by Gasteiger charge is -1.89. The third kappa shape index (κ3) is 0.719. The summed E-state index contributed by atoms with van der Waals surface area (Å²) in [7, 11) is 0. The molecule has 0 aliphatic rings. The maximum absolute atomic E-state index is 7.35. The Morgan fingerprint density at radius 3 is 3.30 bits per heavy atom. The number of pyridine rings is 1. The molecule has 0 fully saturated rings. The summed E-state index contributed by atoms with van der Waals surface area (Å²) in [5.41, 5.74) is 0.715. The Labute approximate surface area is 59.1 Å². The summed E-state index contributed by atoms with van der Waals surface area (Å²) >= 11 is 0. The van der Waals surface area contributed by atoms with Crippen LogP contribution in [-0.4, -0.2) is 15.2 Å². The van der Waals surface area contributed by atoms with Gasteiger partial charge in [0.1, 0.15) is 0 Å². The van der Waals surface area contributed by atoms with Crippen molar-refractivity contribution >= 4 is 10.9 Å². The smallest absolute Gasteiger partial charge is 0.0919 e. The molecule has 3 heteroatoms.